The summed E-state index contributed by atoms with van der Waals surface area (Å²) in [6.07, 6.45) is 7.23. The number of ether oxygens (including phenoxy) is 1. The van der Waals surface area contributed by atoms with E-state index in [4.69, 9.17) is 4.74 Å². The third kappa shape index (κ3) is 3.98. The van der Waals surface area contributed by atoms with Gasteiger partial charge in [0, 0.05) is 31.4 Å². The lowest BCUT2D eigenvalue weighted by molar-refractivity contribution is 0.0928. The summed E-state index contributed by atoms with van der Waals surface area (Å²) in [5, 5.41) is 1.11. The van der Waals surface area contributed by atoms with Crippen LogP contribution in [0.25, 0.3) is 0 Å². The highest BCUT2D eigenvalue weighted by atomic mass is 32.1. The molecule has 1 aliphatic rings. The number of hydrogen-bond donors (Lipinski definition) is 0. The summed E-state index contributed by atoms with van der Waals surface area (Å²) in [7, 11) is 0. The van der Waals surface area contributed by atoms with Gasteiger partial charge in [0.2, 0.25) is 5.88 Å². The maximum Gasteiger partial charge on any atom is 0.232 e. The Kier molecular flexibility index (Phi) is 4.94. The van der Waals surface area contributed by atoms with Crippen LogP contribution in [0.3, 0.4) is 0 Å². The predicted molar refractivity (Wildman–Crippen MR) is 85.0 cm³/mol. The normalized spacial score (nSPS) is 17.0. The van der Waals surface area contributed by atoms with Crippen molar-refractivity contribution in [1.82, 2.24) is 24.2 Å². The van der Waals surface area contributed by atoms with Gasteiger partial charge in [-0.1, -0.05) is 13.8 Å². The second-order valence-electron chi connectivity index (χ2n) is 5.84. The van der Waals surface area contributed by atoms with Crippen LogP contribution in [0.15, 0.2) is 18.6 Å². The Bertz CT molecular complexity index is 581. The van der Waals surface area contributed by atoms with Gasteiger partial charge in [-0.05, 0) is 24.4 Å². The van der Waals surface area contributed by atoms with Gasteiger partial charge in [0.15, 0.2) is 0 Å². The molecule has 2 aromatic heterocycles. The molecular weight excluding hydrogens is 298 g/mol. The van der Waals surface area contributed by atoms with Crippen molar-refractivity contribution in [1.29, 1.82) is 0 Å². The van der Waals surface area contributed by atoms with Gasteiger partial charge in [0.25, 0.3) is 0 Å². The molecule has 22 heavy (non-hydrogen) atoms. The summed E-state index contributed by atoms with van der Waals surface area (Å²) in [5.41, 5.74) is 0. The fraction of sp³-hybridized carbons (Fsp3) is 0.600. The molecule has 3 rings (SSSR count). The van der Waals surface area contributed by atoms with Gasteiger partial charge in [-0.15, -0.1) is 0 Å². The monoisotopic (exact) mass is 319 g/mol. The molecule has 1 fully saturated rings. The number of hydrogen-bond acceptors (Lipinski definition) is 7. The third-order valence-electron chi connectivity index (χ3n) is 3.72. The lowest BCUT2D eigenvalue weighted by Gasteiger charge is -2.31. The first-order valence-corrected chi connectivity index (χ1v) is 8.45. The Labute approximate surface area is 134 Å². The molecule has 0 unspecified atom stereocenters. The Hall–Kier alpha value is -1.60. The maximum atomic E-state index is 5.86. The van der Waals surface area contributed by atoms with Crippen LogP contribution in [-0.2, 0) is 6.54 Å². The molecule has 0 aliphatic carbocycles. The highest BCUT2D eigenvalue weighted by molar-refractivity contribution is 7.05. The minimum absolute atomic E-state index is 0.230. The van der Waals surface area contributed by atoms with Crippen molar-refractivity contribution >= 4 is 11.5 Å². The molecule has 1 saturated heterocycles. The van der Waals surface area contributed by atoms with Gasteiger partial charge in [-0.25, -0.2) is 9.97 Å². The summed E-state index contributed by atoms with van der Waals surface area (Å²) in [5.74, 6) is 1.98. The van der Waals surface area contributed by atoms with Gasteiger partial charge in [0.05, 0.1) is 12.7 Å². The van der Waals surface area contributed by atoms with Gasteiger partial charge in [0.1, 0.15) is 16.9 Å². The number of nitrogens with zero attached hydrogens (tertiary/aromatic N) is 5. The Balaban J connectivity index is 1.47. The minimum atomic E-state index is 0.230. The molecule has 2 aromatic rings. The largest absolute Gasteiger partial charge is 0.473 e. The molecular formula is C15H21N5OS. The second kappa shape index (κ2) is 7.11. The Morgan fingerprint density at radius 3 is 2.77 bits per heavy atom. The van der Waals surface area contributed by atoms with E-state index in [1.807, 2.05) is 0 Å². The fourth-order valence-corrected chi connectivity index (χ4v) is 3.29. The average Bonchev–Trinajstić information content (AvgIpc) is 2.99. The first kappa shape index (κ1) is 15.3. The number of aromatic nitrogens is 4. The van der Waals surface area contributed by atoms with E-state index in [1.165, 1.54) is 11.5 Å². The number of rotatable bonds is 5. The van der Waals surface area contributed by atoms with Crippen molar-refractivity contribution in [2.75, 3.05) is 13.1 Å². The van der Waals surface area contributed by atoms with Crippen LogP contribution in [0.4, 0.5) is 0 Å². The second-order valence-corrected chi connectivity index (χ2v) is 6.67. The molecule has 3 heterocycles. The van der Waals surface area contributed by atoms with E-state index in [2.05, 4.69) is 38.1 Å². The summed E-state index contributed by atoms with van der Waals surface area (Å²) in [4.78, 5) is 15.2. The topological polar surface area (TPSA) is 64.0 Å². The highest BCUT2D eigenvalue weighted by Crippen LogP contribution is 2.20. The molecule has 118 valence electrons. The van der Waals surface area contributed by atoms with E-state index in [0.29, 0.717) is 11.8 Å². The first-order valence-electron chi connectivity index (χ1n) is 7.68. The summed E-state index contributed by atoms with van der Waals surface area (Å²) in [6, 6.07) is 0. The summed E-state index contributed by atoms with van der Waals surface area (Å²) >= 11 is 1.52. The smallest absolute Gasteiger partial charge is 0.232 e. The lowest BCUT2D eigenvalue weighted by Crippen LogP contribution is -2.37. The zero-order chi connectivity index (χ0) is 15.4. The van der Waals surface area contributed by atoms with E-state index in [9.17, 15) is 0 Å². The van der Waals surface area contributed by atoms with E-state index in [-0.39, 0.29) is 6.10 Å². The van der Waals surface area contributed by atoms with Crippen molar-refractivity contribution in [3.8, 4) is 5.88 Å². The van der Waals surface area contributed by atoms with Crippen molar-refractivity contribution in [2.45, 2.75) is 45.3 Å². The molecule has 0 N–H and O–H groups in total. The fourth-order valence-electron chi connectivity index (χ4n) is 2.46. The molecule has 7 heteroatoms. The Morgan fingerprint density at radius 2 is 2.14 bits per heavy atom. The first-order chi connectivity index (χ1) is 10.7. The highest BCUT2D eigenvalue weighted by Gasteiger charge is 2.22. The predicted octanol–water partition coefficient (Wildman–Crippen LogP) is 2.49. The summed E-state index contributed by atoms with van der Waals surface area (Å²) in [6.45, 7) is 7.17. The van der Waals surface area contributed by atoms with E-state index in [1.54, 1.807) is 18.6 Å². The molecule has 0 saturated carbocycles. The van der Waals surface area contributed by atoms with Crippen LogP contribution in [-0.4, -0.2) is 43.4 Å². The quantitative estimate of drug-likeness (QED) is 0.843. The van der Waals surface area contributed by atoms with Crippen molar-refractivity contribution in [2.24, 2.45) is 0 Å². The maximum absolute atomic E-state index is 5.86. The Morgan fingerprint density at radius 1 is 1.32 bits per heavy atom. The molecule has 0 aromatic carbocycles. The van der Waals surface area contributed by atoms with Crippen LogP contribution >= 0.6 is 11.5 Å². The van der Waals surface area contributed by atoms with Crippen LogP contribution < -0.4 is 4.74 Å². The van der Waals surface area contributed by atoms with Gasteiger partial charge >= 0.3 is 0 Å². The van der Waals surface area contributed by atoms with E-state index < -0.39 is 0 Å². The zero-order valence-electron chi connectivity index (χ0n) is 13.0. The number of likely N-dealkylation sites (tertiary alicyclic amines) is 1. The van der Waals surface area contributed by atoms with Crippen molar-refractivity contribution < 1.29 is 4.74 Å². The SMILES string of the molecule is CC(C)c1nsc(CN2CCC(Oc3cnccn3)CC2)n1. The van der Waals surface area contributed by atoms with Gasteiger partial charge in [-0.2, -0.15) is 4.37 Å². The van der Waals surface area contributed by atoms with Crippen LogP contribution in [0.1, 0.15) is 43.4 Å². The third-order valence-corrected chi connectivity index (χ3v) is 4.43. The molecule has 0 bridgehead atoms. The minimum Gasteiger partial charge on any atom is -0.473 e. The number of piperidine rings is 1. The lowest BCUT2D eigenvalue weighted by atomic mass is 10.1. The molecule has 0 atom stereocenters. The van der Waals surface area contributed by atoms with Crippen LogP contribution in [0.5, 0.6) is 5.88 Å². The molecule has 0 amide bonds. The van der Waals surface area contributed by atoms with Gasteiger partial charge < -0.3 is 4.74 Å². The zero-order valence-corrected chi connectivity index (χ0v) is 13.8. The van der Waals surface area contributed by atoms with Crippen molar-refractivity contribution in [3.63, 3.8) is 0 Å². The average molecular weight is 319 g/mol. The van der Waals surface area contributed by atoms with Crippen LogP contribution in [0, 0.1) is 0 Å². The summed E-state index contributed by atoms with van der Waals surface area (Å²) < 4.78 is 10.3. The van der Waals surface area contributed by atoms with Crippen LogP contribution in [0.2, 0.25) is 0 Å². The van der Waals surface area contributed by atoms with E-state index >= 15 is 0 Å². The molecule has 1 aliphatic heterocycles. The molecule has 0 spiro atoms. The van der Waals surface area contributed by atoms with Crippen molar-refractivity contribution in [3.05, 3.63) is 29.4 Å². The van der Waals surface area contributed by atoms with E-state index in [0.717, 1.165) is 43.3 Å². The standard InChI is InChI=1S/C15H21N5OS/c1-11(2)15-18-14(22-19-15)10-20-7-3-12(4-8-20)21-13-9-16-5-6-17-13/h5-6,9,11-12H,3-4,7-8,10H2,1-2H3. The molecule has 6 nitrogen and oxygen atoms in total. The van der Waals surface area contributed by atoms with Gasteiger partial charge in [-0.3, -0.25) is 9.88 Å². The molecule has 0 radical (unpaired) electrons.